The van der Waals surface area contributed by atoms with E-state index in [-0.39, 0.29) is 29.6 Å². The molecule has 11 heavy (non-hydrogen) atoms. The quantitative estimate of drug-likeness (QED) is 0.473. The van der Waals surface area contributed by atoms with Crippen LogP contribution in [0.15, 0.2) is 0 Å². The lowest BCUT2D eigenvalue weighted by Crippen LogP contribution is -2.36. The van der Waals surface area contributed by atoms with E-state index in [0.717, 1.165) is 0 Å². The molecular weight excluding hydrogens is 142 g/mol. The van der Waals surface area contributed by atoms with E-state index in [1.165, 1.54) is 0 Å². The maximum absolute atomic E-state index is 9.57. The van der Waals surface area contributed by atoms with E-state index in [2.05, 4.69) is 6.07 Å². The number of hydrogen-bond donors (Lipinski definition) is 1. The topological polar surface area (TPSA) is 56.5 Å². The van der Waals surface area contributed by atoms with Gasteiger partial charge in [0.1, 0.15) is 6.10 Å². The number of nitrogens with zero attached hydrogens (tertiary/aromatic N) is 1. The van der Waals surface area contributed by atoms with Crippen LogP contribution < -0.4 is 0 Å². The van der Waals surface area contributed by atoms with Crippen molar-refractivity contribution in [3.8, 4) is 6.07 Å². The van der Waals surface area contributed by atoms with Gasteiger partial charge in [-0.25, -0.2) is 0 Å². The van der Waals surface area contributed by atoms with Crippen LogP contribution in [0.4, 0.5) is 0 Å². The van der Waals surface area contributed by atoms with Crippen molar-refractivity contribution in [1.82, 2.24) is 0 Å². The fourth-order valence-electron chi connectivity index (χ4n) is 3.35. The van der Waals surface area contributed by atoms with Crippen LogP contribution in [0.3, 0.4) is 0 Å². The molecule has 3 aliphatic carbocycles. The van der Waals surface area contributed by atoms with Gasteiger partial charge in [0.2, 0.25) is 0 Å². The zero-order chi connectivity index (χ0) is 7.38. The van der Waals surface area contributed by atoms with Crippen molar-refractivity contribution in [3.63, 3.8) is 0 Å². The Morgan fingerprint density at radius 2 is 2.09 bits per heavy atom. The lowest BCUT2D eigenvalue weighted by Gasteiger charge is -2.22. The molecule has 0 aromatic carbocycles. The number of epoxide rings is 1. The van der Waals surface area contributed by atoms with Crippen molar-refractivity contribution in [2.24, 2.45) is 23.2 Å². The number of fused-ring (bicyclic) bond motifs is 4. The second-order valence-electron chi connectivity index (χ2n) is 4.18. The Balaban J connectivity index is 1.83. The van der Waals surface area contributed by atoms with Crippen LogP contribution in [-0.4, -0.2) is 23.4 Å². The van der Waals surface area contributed by atoms with Crippen LogP contribution in [-0.2, 0) is 4.74 Å². The number of aliphatic hydroxyl groups excluding tert-OH is 1. The molecule has 4 fully saturated rings. The summed E-state index contributed by atoms with van der Waals surface area (Å²) in [5.74, 6) is 1.29. The molecule has 1 heterocycles. The Kier molecular flexibility index (Phi) is 0.480. The average molecular weight is 149 g/mol. The van der Waals surface area contributed by atoms with Crippen molar-refractivity contribution in [3.05, 3.63) is 0 Å². The minimum Gasteiger partial charge on any atom is -0.390 e. The molecule has 0 amide bonds. The molecule has 3 nitrogen and oxygen atoms in total. The summed E-state index contributed by atoms with van der Waals surface area (Å²) in [6.07, 6.45) is 0.0273. The summed E-state index contributed by atoms with van der Waals surface area (Å²) in [5, 5.41) is 18.4. The molecule has 1 saturated heterocycles. The molecule has 4 rings (SSSR count). The number of ether oxygens (including phenoxy) is 1. The summed E-state index contributed by atoms with van der Waals surface area (Å²) in [6, 6.07) is 2.34. The van der Waals surface area contributed by atoms with Gasteiger partial charge in [0, 0.05) is 11.8 Å². The molecular formula is C8H7NO2. The van der Waals surface area contributed by atoms with Gasteiger partial charge in [-0.05, 0) is 5.92 Å². The molecule has 3 saturated carbocycles. The van der Waals surface area contributed by atoms with E-state index in [4.69, 9.17) is 10.00 Å². The highest BCUT2D eigenvalue weighted by molar-refractivity contribution is 5.48. The molecule has 0 aromatic rings. The van der Waals surface area contributed by atoms with Gasteiger partial charge in [0.05, 0.1) is 23.7 Å². The Bertz CT molecular complexity index is 310. The zero-order valence-corrected chi connectivity index (χ0v) is 5.77. The molecule has 56 valence electrons. The van der Waals surface area contributed by atoms with Gasteiger partial charge in [-0.3, -0.25) is 0 Å². The molecule has 3 heteroatoms. The monoisotopic (exact) mass is 149 g/mol. The number of nitriles is 1. The summed E-state index contributed by atoms with van der Waals surface area (Å²) in [4.78, 5) is 0. The highest BCUT2D eigenvalue weighted by Gasteiger charge is 2.97. The van der Waals surface area contributed by atoms with Crippen LogP contribution in [0.5, 0.6) is 0 Å². The first kappa shape index (κ1) is 5.13. The van der Waals surface area contributed by atoms with Crippen LogP contribution >= 0.6 is 0 Å². The smallest absolute Gasteiger partial charge is 0.111 e. The third-order valence-corrected chi connectivity index (χ3v) is 4.02. The van der Waals surface area contributed by atoms with Gasteiger partial charge in [-0.1, -0.05) is 0 Å². The third kappa shape index (κ3) is 0.287. The lowest BCUT2D eigenvalue weighted by molar-refractivity contribution is 0.0754. The van der Waals surface area contributed by atoms with E-state index in [0.29, 0.717) is 11.8 Å². The van der Waals surface area contributed by atoms with Crippen molar-refractivity contribution in [2.45, 2.75) is 18.3 Å². The molecule has 1 aliphatic heterocycles. The summed E-state index contributed by atoms with van der Waals surface area (Å²) in [7, 11) is 0. The molecule has 0 unspecified atom stereocenters. The summed E-state index contributed by atoms with van der Waals surface area (Å²) < 4.78 is 5.29. The number of aliphatic hydroxyl groups is 1. The predicted molar refractivity (Wildman–Crippen MR) is 33.2 cm³/mol. The van der Waals surface area contributed by atoms with E-state index in [9.17, 15) is 5.11 Å². The average Bonchev–Trinajstić information content (AvgIpc) is 2.85. The molecule has 1 N–H and O–H groups in total. The van der Waals surface area contributed by atoms with E-state index >= 15 is 0 Å². The molecule has 0 aromatic heterocycles. The maximum atomic E-state index is 9.57. The molecule has 7 atom stereocenters. The highest BCUT2D eigenvalue weighted by Crippen LogP contribution is 2.90. The maximum Gasteiger partial charge on any atom is 0.111 e. The first-order chi connectivity index (χ1) is 5.32. The lowest BCUT2D eigenvalue weighted by atomic mass is 9.81. The van der Waals surface area contributed by atoms with Gasteiger partial charge in [-0.15, -0.1) is 0 Å². The first-order valence-electron chi connectivity index (χ1n) is 4.07. The SMILES string of the molecule is N#C[C@]12[C@@H]3[C@H]1[C@H](O)[C@@H]1O[C@@H]1[C@@H]32. The normalized spacial score (nSPS) is 79.3. The standard InChI is InChI=1S/C8H7NO2/c9-1-8-2-3(8)5(10)7-6(11-7)4(2)8/h2-7,10H/t2-,3+,4-,5+,6-,7+,8+/m1/s1. The zero-order valence-electron chi connectivity index (χ0n) is 5.77. The summed E-state index contributed by atoms with van der Waals surface area (Å²) in [6.45, 7) is 0. The predicted octanol–water partition coefficient (Wildman–Crippen LogP) is -0.486. The third-order valence-electron chi connectivity index (χ3n) is 4.02. The first-order valence-corrected chi connectivity index (χ1v) is 4.07. The van der Waals surface area contributed by atoms with Crippen molar-refractivity contribution in [1.29, 1.82) is 5.26 Å². The van der Waals surface area contributed by atoms with Gasteiger partial charge in [0.25, 0.3) is 0 Å². The largest absolute Gasteiger partial charge is 0.390 e. The fraction of sp³-hybridized carbons (Fsp3) is 0.875. The molecule has 0 bridgehead atoms. The van der Waals surface area contributed by atoms with E-state index < -0.39 is 0 Å². The summed E-state index contributed by atoms with van der Waals surface area (Å²) >= 11 is 0. The molecule has 0 spiro atoms. The molecule has 0 radical (unpaired) electrons. The second kappa shape index (κ2) is 1.03. The van der Waals surface area contributed by atoms with Gasteiger partial charge in [-0.2, -0.15) is 5.26 Å². The highest BCUT2D eigenvalue weighted by atomic mass is 16.6. The van der Waals surface area contributed by atoms with Gasteiger partial charge >= 0.3 is 0 Å². The summed E-state index contributed by atoms with van der Waals surface area (Å²) in [5.41, 5.74) is -0.114. The van der Waals surface area contributed by atoms with Crippen LogP contribution in [0, 0.1) is 34.5 Å². The van der Waals surface area contributed by atoms with Gasteiger partial charge in [0.15, 0.2) is 0 Å². The Hall–Kier alpha value is -0.590. The van der Waals surface area contributed by atoms with Crippen molar-refractivity contribution >= 4 is 0 Å². The van der Waals surface area contributed by atoms with Crippen LogP contribution in [0.2, 0.25) is 0 Å². The minimum absolute atomic E-state index is 0.102. The van der Waals surface area contributed by atoms with Crippen LogP contribution in [0.25, 0.3) is 0 Å². The van der Waals surface area contributed by atoms with Crippen molar-refractivity contribution in [2.75, 3.05) is 0 Å². The Morgan fingerprint density at radius 1 is 1.27 bits per heavy atom. The number of hydrogen-bond acceptors (Lipinski definition) is 3. The fourth-order valence-corrected chi connectivity index (χ4v) is 3.35. The molecule has 4 aliphatic rings. The van der Waals surface area contributed by atoms with Crippen LogP contribution in [0.1, 0.15) is 0 Å². The number of rotatable bonds is 0. The van der Waals surface area contributed by atoms with Gasteiger partial charge < -0.3 is 9.84 Å². The van der Waals surface area contributed by atoms with E-state index in [1.807, 2.05) is 0 Å². The van der Waals surface area contributed by atoms with E-state index in [1.54, 1.807) is 0 Å². The Labute approximate surface area is 63.6 Å². The minimum atomic E-state index is -0.324. The van der Waals surface area contributed by atoms with Crippen molar-refractivity contribution < 1.29 is 9.84 Å². The Morgan fingerprint density at radius 3 is 2.64 bits per heavy atom. The second-order valence-corrected chi connectivity index (χ2v) is 4.18.